The van der Waals surface area contributed by atoms with Crippen LogP contribution in [0.5, 0.6) is 0 Å². The molecular formula is C14H19ClN4. The van der Waals surface area contributed by atoms with Crippen LogP contribution >= 0.6 is 11.6 Å². The van der Waals surface area contributed by atoms with Crippen LogP contribution in [0.4, 0.5) is 0 Å². The Morgan fingerprint density at radius 1 is 1.32 bits per heavy atom. The van der Waals surface area contributed by atoms with Gasteiger partial charge in [-0.15, -0.1) is 0 Å². The zero-order valence-corrected chi connectivity index (χ0v) is 12.1. The third kappa shape index (κ3) is 4.04. The molecule has 1 heterocycles. The lowest BCUT2D eigenvalue weighted by atomic mass is 10.2. The van der Waals surface area contributed by atoms with E-state index in [1.165, 1.54) is 0 Å². The molecule has 0 spiro atoms. The summed E-state index contributed by atoms with van der Waals surface area (Å²) in [6.45, 7) is 6.71. The van der Waals surface area contributed by atoms with Crippen molar-refractivity contribution in [2.24, 2.45) is 5.92 Å². The number of nitrogens with zero attached hydrogens (tertiary/aromatic N) is 3. The fraction of sp³-hybridized carbons (Fsp3) is 0.429. The van der Waals surface area contributed by atoms with E-state index >= 15 is 0 Å². The van der Waals surface area contributed by atoms with Gasteiger partial charge in [0.25, 0.3) is 0 Å². The van der Waals surface area contributed by atoms with Crippen LogP contribution in [0, 0.1) is 5.92 Å². The van der Waals surface area contributed by atoms with Crippen molar-refractivity contribution >= 4 is 11.6 Å². The normalized spacial score (nSPS) is 11.2. The summed E-state index contributed by atoms with van der Waals surface area (Å²) in [6, 6.07) is 7.81. The average molecular weight is 279 g/mol. The van der Waals surface area contributed by atoms with Crippen molar-refractivity contribution in [2.75, 3.05) is 6.54 Å². The minimum atomic E-state index is 0.625. The fourth-order valence-electron chi connectivity index (χ4n) is 1.82. The van der Waals surface area contributed by atoms with Crippen molar-refractivity contribution in [3.8, 4) is 0 Å². The van der Waals surface area contributed by atoms with Crippen molar-refractivity contribution in [1.82, 2.24) is 20.1 Å². The maximum atomic E-state index is 6.16. The third-order valence-corrected chi connectivity index (χ3v) is 3.18. The first-order valence-electron chi connectivity index (χ1n) is 6.47. The molecule has 19 heavy (non-hydrogen) atoms. The molecular weight excluding hydrogens is 260 g/mol. The second-order valence-corrected chi connectivity index (χ2v) is 5.36. The first-order chi connectivity index (χ1) is 9.16. The van der Waals surface area contributed by atoms with E-state index in [0.29, 0.717) is 12.5 Å². The molecule has 1 aromatic heterocycles. The van der Waals surface area contributed by atoms with Crippen molar-refractivity contribution in [1.29, 1.82) is 0 Å². The van der Waals surface area contributed by atoms with Crippen molar-refractivity contribution < 1.29 is 0 Å². The zero-order chi connectivity index (χ0) is 13.7. The number of rotatable bonds is 6. The van der Waals surface area contributed by atoms with E-state index in [2.05, 4.69) is 29.2 Å². The number of halogens is 1. The van der Waals surface area contributed by atoms with Gasteiger partial charge in [0.05, 0.1) is 13.1 Å². The molecule has 1 aromatic carbocycles. The van der Waals surface area contributed by atoms with Crippen LogP contribution in [0.25, 0.3) is 0 Å². The molecule has 0 amide bonds. The summed E-state index contributed by atoms with van der Waals surface area (Å²) in [5, 5.41) is 8.39. The van der Waals surface area contributed by atoms with Gasteiger partial charge in [-0.05, 0) is 24.1 Å². The van der Waals surface area contributed by atoms with Gasteiger partial charge in [-0.1, -0.05) is 43.6 Å². The maximum Gasteiger partial charge on any atom is 0.141 e. The summed E-state index contributed by atoms with van der Waals surface area (Å²) < 4.78 is 1.88. The lowest BCUT2D eigenvalue weighted by molar-refractivity contribution is 0.523. The summed E-state index contributed by atoms with van der Waals surface area (Å²) in [7, 11) is 0. The minimum absolute atomic E-state index is 0.625. The Bertz CT molecular complexity index is 522. The SMILES string of the molecule is CC(C)CNCc1ncnn1Cc1ccccc1Cl. The average Bonchev–Trinajstić information content (AvgIpc) is 2.79. The van der Waals surface area contributed by atoms with E-state index < -0.39 is 0 Å². The van der Waals surface area contributed by atoms with Gasteiger partial charge in [0.15, 0.2) is 0 Å². The molecule has 0 saturated carbocycles. The highest BCUT2D eigenvalue weighted by Crippen LogP contribution is 2.16. The van der Waals surface area contributed by atoms with Gasteiger partial charge < -0.3 is 5.32 Å². The monoisotopic (exact) mass is 278 g/mol. The van der Waals surface area contributed by atoms with Crippen molar-refractivity contribution in [3.05, 3.63) is 47.0 Å². The Balaban J connectivity index is 2.01. The van der Waals surface area contributed by atoms with E-state index in [9.17, 15) is 0 Å². The highest BCUT2D eigenvalue weighted by atomic mass is 35.5. The molecule has 0 unspecified atom stereocenters. The first kappa shape index (κ1) is 14.0. The first-order valence-corrected chi connectivity index (χ1v) is 6.85. The van der Waals surface area contributed by atoms with E-state index in [1.54, 1.807) is 6.33 Å². The quantitative estimate of drug-likeness (QED) is 0.883. The van der Waals surface area contributed by atoms with Crippen LogP contribution in [-0.4, -0.2) is 21.3 Å². The predicted octanol–water partition coefficient (Wildman–Crippen LogP) is 2.73. The maximum absolute atomic E-state index is 6.16. The lowest BCUT2D eigenvalue weighted by Crippen LogP contribution is -2.22. The Kier molecular flexibility index (Phi) is 4.93. The van der Waals surface area contributed by atoms with Gasteiger partial charge in [0.1, 0.15) is 12.2 Å². The second kappa shape index (κ2) is 6.68. The number of aromatic nitrogens is 3. The Morgan fingerprint density at radius 2 is 2.11 bits per heavy atom. The molecule has 0 fully saturated rings. The van der Waals surface area contributed by atoms with Gasteiger partial charge in [-0.25, -0.2) is 9.67 Å². The third-order valence-electron chi connectivity index (χ3n) is 2.81. The topological polar surface area (TPSA) is 42.7 Å². The summed E-state index contributed by atoms with van der Waals surface area (Å²) in [5.41, 5.74) is 1.06. The molecule has 2 rings (SSSR count). The van der Waals surface area contributed by atoms with Gasteiger partial charge in [0.2, 0.25) is 0 Å². The molecule has 0 aliphatic carbocycles. The van der Waals surface area contributed by atoms with Gasteiger partial charge in [-0.3, -0.25) is 0 Å². The number of nitrogens with one attached hydrogen (secondary N) is 1. The standard InChI is InChI=1S/C14H19ClN4/c1-11(2)7-16-8-14-17-10-18-19(14)9-12-5-3-4-6-13(12)15/h3-6,10-11,16H,7-9H2,1-2H3. The molecule has 0 saturated heterocycles. The van der Waals surface area contributed by atoms with Crippen LogP contribution in [0.15, 0.2) is 30.6 Å². The zero-order valence-electron chi connectivity index (χ0n) is 11.3. The van der Waals surface area contributed by atoms with Gasteiger partial charge >= 0.3 is 0 Å². The number of hydrogen-bond acceptors (Lipinski definition) is 3. The molecule has 0 bridgehead atoms. The van der Waals surface area contributed by atoms with Crippen molar-refractivity contribution in [3.63, 3.8) is 0 Å². The summed E-state index contributed by atoms with van der Waals surface area (Å²) >= 11 is 6.16. The Morgan fingerprint density at radius 3 is 2.84 bits per heavy atom. The van der Waals surface area contributed by atoms with Gasteiger partial charge in [0, 0.05) is 5.02 Å². The largest absolute Gasteiger partial charge is 0.310 e. The molecule has 1 N–H and O–H groups in total. The minimum Gasteiger partial charge on any atom is -0.310 e. The number of hydrogen-bond donors (Lipinski definition) is 1. The smallest absolute Gasteiger partial charge is 0.141 e. The molecule has 2 aromatic rings. The fourth-order valence-corrected chi connectivity index (χ4v) is 2.01. The molecule has 5 heteroatoms. The molecule has 0 aliphatic rings. The Hall–Kier alpha value is -1.39. The highest BCUT2D eigenvalue weighted by molar-refractivity contribution is 6.31. The highest BCUT2D eigenvalue weighted by Gasteiger charge is 2.07. The molecule has 0 aliphatic heterocycles. The van der Waals surface area contributed by atoms with Crippen LogP contribution < -0.4 is 5.32 Å². The number of benzene rings is 1. The van der Waals surface area contributed by atoms with E-state index in [0.717, 1.165) is 29.5 Å². The molecule has 0 radical (unpaired) electrons. The predicted molar refractivity (Wildman–Crippen MR) is 77.1 cm³/mol. The second-order valence-electron chi connectivity index (χ2n) is 4.95. The summed E-state index contributed by atoms with van der Waals surface area (Å²) in [6.07, 6.45) is 1.59. The van der Waals surface area contributed by atoms with Gasteiger partial charge in [-0.2, -0.15) is 5.10 Å². The molecule has 0 atom stereocenters. The molecule has 4 nitrogen and oxygen atoms in total. The lowest BCUT2D eigenvalue weighted by Gasteiger charge is -2.09. The van der Waals surface area contributed by atoms with Crippen LogP contribution in [0.3, 0.4) is 0 Å². The summed E-state index contributed by atoms with van der Waals surface area (Å²) in [4.78, 5) is 4.29. The summed E-state index contributed by atoms with van der Waals surface area (Å²) in [5.74, 6) is 1.56. The van der Waals surface area contributed by atoms with Crippen LogP contribution in [0.2, 0.25) is 5.02 Å². The van der Waals surface area contributed by atoms with E-state index in [4.69, 9.17) is 11.6 Å². The van der Waals surface area contributed by atoms with E-state index in [-0.39, 0.29) is 0 Å². The Labute approximate surface area is 118 Å². The van der Waals surface area contributed by atoms with Crippen LogP contribution in [0.1, 0.15) is 25.2 Å². The van der Waals surface area contributed by atoms with Crippen LogP contribution in [-0.2, 0) is 13.1 Å². The van der Waals surface area contributed by atoms with E-state index in [1.807, 2.05) is 28.9 Å². The van der Waals surface area contributed by atoms with Crippen molar-refractivity contribution in [2.45, 2.75) is 26.9 Å². The molecule has 102 valence electrons.